The fraction of sp³-hybridized carbons (Fsp3) is 0.111. The van der Waals surface area contributed by atoms with Gasteiger partial charge in [0.05, 0.1) is 0 Å². The lowest BCUT2D eigenvalue weighted by molar-refractivity contribution is 0.625. The molecule has 0 N–H and O–H groups in total. The van der Waals surface area contributed by atoms with Gasteiger partial charge in [-0.25, -0.2) is 0 Å². The normalized spacial score (nSPS) is 21.4. The summed E-state index contributed by atoms with van der Waals surface area (Å²) in [6.07, 6.45) is 21.7. The van der Waals surface area contributed by atoms with Crippen molar-refractivity contribution in [1.82, 2.24) is 0 Å². The molecule has 0 nitrogen and oxygen atoms in total. The predicted octanol–water partition coefficient (Wildman–Crippen LogP) is 7.64. The molecule has 0 fully saturated rings. The monoisotopic (exact) mass is 458 g/mol. The van der Waals surface area contributed by atoms with E-state index in [1.165, 1.54) is 79.1 Å². The van der Waals surface area contributed by atoms with Crippen LogP contribution in [0.3, 0.4) is 0 Å². The van der Waals surface area contributed by atoms with Crippen LogP contribution in [-0.2, 0) is 0 Å². The molecular weight excluding hydrogens is 432 g/mol. The Morgan fingerprint density at radius 2 is 1.53 bits per heavy atom. The van der Waals surface area contributed by atoms with Gasteiger partial charge in [0.2, 0.25) is 0 Å². The minimum atomic E-state index is 0.527. The second-order valence-electron chi connectivity index (χ2n) is 10.3. The molecule has 1 atom stereocenters. The van der Waals surface area contributed by atoms with Crippen molar-refractivity contribution >= 4 is 32.7 Å². The average molecular weight is 459 g/mol. The molecule has 0 aliphatic heterocycles. The SMILES string of the molecule is [CH]1C=CC2=c3cc4/c(=C5/[CH]C=CC=C5)c5ccccc5c(-c5ccccc5)c4cc3C3CCCC1=C23. The molecule has 0 saturated carbocycles. The van der Waals surface area contributed by atoms with Gasteiger partial charge in [0, 0.05) is 18.8 Å². The number of benzene rings is 4. The summed E-state index contributed by atoms with van der Waals surface area (Å²) in [7, 11) is 0. The van der Waals surface area contributed by atoms with Crippen molar-refractivity contribution in [3.8, 4) is 11.1 Å². The number of hydrogen-bond donors (Lipinski definition) is 0. The Morgan fingerprint density at radius 1 is 0.667 bits per heavy atom. The average Bonchev–Trinajstić information content (AvgIpc) is 3.26. The molecule has 0 saturated heterocycles. The maximum absolute atomic E-state index is 2.56. The molecule has 0 amide bonds. The Bertz CT molecular complexity index is 1840. The van der Waals surface area contributed by atoms with Crippen LogP contribution in [0.2, 0.25) is 0 Å². The summed E-state index contributed by atoms with van der Waals surface area (Å²) >= 11 is 0. The van der Waals surface area contributed by atoms with Crippen LogP contribution in [0.1, 0.15) is 30.7 Å². The minimum absolute atomic E-state index is 0.527. The molecule has 36 heavy (non-hydrogen) atoms. The lowest BCUT2D eigenvalue weighted by Gasteiger charge is -2.27. The zero-order chi connectivity index (χ0) is 23.6. The highest BCUT2D eigenvalue weighted by Crippen LogP contribution is 2.48. The van der Waals surface area contributed by atoms with Gasteiger partial charge in [-0.15, -0.1) is 0 Å². The third kappa shape index (κ3) is 2.82. The topological polar surface area (TPSA) is 0 Å². The Morgan fingerprint density at radius 3 is 2.39 bits per heavy atom. The smallest absolute Gasteiger partial charge is 0.0131 e. The molecule has 0 spiro atoms. The number of allylic oxidation sites excluding steroid dienone is 8. The summed E-state index contributed by atoms with van der Waals surface area (Å²) < 4.78 is 0. The highest BCUT2D eigenvalue weighted by Gasteiger charge is 2.34. The largest absolute Gasteiger partial charge is 0.0761 e. The fourth-order valence-corrected chi connectivity index (χ4v) is 7.02. The molecule has 0 heteroatoms. The van der Waals surface area contributed by atoms with Crippen molar-refractivity contribution in [1.29, 1.82) is 0 Å². The van der Waals surface area contributed by atoms with Gasteiger partial charge in [0.1, 0.15) is 0 Å². The van der Waals surface area contributed by atoms with Gasteiger partial charge in [-0.05, 0) is 96.8 Å². The van der Waals surface area contributed by atoms with Gasteiger partial charge in [-0.2, -0.15) is 0 Å². The van der Waals surface area contributed by atoms with E-state index < -0.39 is 0 Å². The molecule has 4 aromatic carbocycles. The first kappa shape index (κ1) is 20.3. The van der Waals surface area contributed by atoms with Crippen LogP contribution in [0.25, 0.3) is 43.8 Å². The summed E-state index contributed by atoms with van der Waals surface area (Å²) in [5.41, 5.74) is 10.1. The Kier molecular flexibility index (Phi) is 4.40. The van der Waals surface area contributed by atoms with Crippen LogP contribution in [0.5, 0.6) is 0 Å². The molecule has 4 aliphatic rings. The zero-order valence-electron chi connectivity index (χ0n) is 20.2. The molecule has 0 heterocycles. The van der Waals surface area contributed by atoms with E-state index in [1.807, 2.05) is 0 Å². The first-order chi connectivity index (χ1) is 17.9. The summed E-state index contributed by atoms with van der Waals surface area (Å²) in [5.74, 6) is 0.527. The van der Waals surface area contributed by atoms with E-state index in [9.17, 15) is 0 Å². The van der Waals surface area contributed by atoms with E-state index in [1.54, 1.807) is 11.1 Å². The third-order valence-corrected chi connectivity index (χ3v) is 8.47. The van der Waals surface area contributed by atoms with Crippen molar-refractivity contribution in [2.75, 3.05) is 0 Å². The second-order valence-corrected chi connectivity index (χ2v) is 10.3. The van der Waals surface area contributed by atoms with E-state index in [2.05, 4.69) is 116 Å². The van der Waals surface area contributed by atoms with Crippen molar-refractivity contribution in [3.05, 3.63) is 143 Å². The Labute approximate surface area is 212 Å². The molecule has 0 bridgehead atoms. The molecular formula is C36H26. The van der Waals surface area contributed by atoms with E-state index in [0.717, 1.165) is 0 Å². The summed E-state index contributed by atoms with van der Waals surface area (Å²) in [5, 5.41) is 8.17. The molecule has 4 aromatic rings. The molecule has 4 aliphatic carbocycles. The van der Waals surface area contributed by atoms with Gasteiger partial charge in [0.25, 0.3) is 0 Å². The van der Waals surface area contributed by atoms with Crippen molar-refractivity contribution in [3.63, 3.8) is 0 Å². The van der Waals surface area contributed by atoms with Gasteiger partial charge in [-0.1, -0.05) is 96.6 Å². The quantitative estimate of drug-likeness (QED) is 0.257. The number of hydrogen-bond acceptors (Lipinski definition) is 0. The van der Waals surface area contributed by atoms with E-state index >= 15 is 0 Å². The van der Waals surface area contributed by atoms with E-state index in [4.69, 9.17) is 0 Å². The Hall–Kier alpha value is -3.90. The van der Waals surface area contributed by atoms with Crippen LogP contribution >= 0.6 is 0 Å². The summed E-state index contributed by atoms with van der Waals surface area (Å²) in [6.45, 7) is 0. The first-order valence-corrected chi connectivity index (χ1v) is 13.1. The maximum atomic E-state index is 2.56. The third-order valence-electron chi connectivity index (χ3n) is 8.47. The standard InChI is InChI=1S/C36H26/c1-3-11-23(12-4-1)35-26-17-7-8-18-27(26)36(24-13-5-2-6-14-24)33-22-31-29-20-10-16-25-15-9-19-28(34(25)29)30(31)21-32(33)35/h1-9,11-15,17-19,21-22,29H,10,16,20H2. The fourth-order valence-electron chi connectivity index (χ4n) is 7.02. The predicted molar refractivity (Wildman–Crippen MR) is 153 cm³/mol. The highest BCUT2D eigenvalue weighted by atomic mass is 14.4. The van der Waals surface area contributed by atoms with Crippen LogP contribution < -0.4 is 10.4 Å². The van der Waals surface area contributed by atoms with E-state index in [-0.39, 0.29) is 0 Å². The van der Waals surface area contributed by atoms with Gasteiger partial charge >= 0.3 is 0 Å². The Balaban J connectivity index is 1.62. The highest BCUT2D eigenvalue weighted by molar-refractivity contribution is 6.14. The maximum Gasteiger partial charge on any atom is 0.0131 e. The summed E-state index contributed by atoms with van der Waals surface area (Å²) in [4.78, 5) is 0. The molecule has 8 rings (SSSR count). The van der Waals surface area contributed by atoms with Gasteiger partial charge in [0.15, 0.2) is 0 Å². The zero-order valence-corrected chi connectivity index (χ0v) is 20.2. The first-order valence-electron chi connectivity index (χ1n) is 13.1. The van der Waals surface area contributed by atoms with Crippen LogP contribution in [0, 0.1) is 12.8 Å². The summed E-state index contributed by atoms with van der Waals surface area (Å²) in [6, 6.07) is 25.1. The molecule has 1 unspecified atom stereocenters. The molecule has 2 radical (unpaired) electrons. The van der Waals surface area contributed by atoms with Gasteiger partial charge < -0.3 is 0 Å². The van der Waals surface area contributed by atoms with Crippen LogP contribution in [-0.4, -0.2) is 0 Å². The lowest BCUT2D eigenvalue weighted by atomic mass is 9.77. The minimum Gasteiger partial charge on any atom is -0.0761 e. The molecule has 170 valence electrons. The second kappa shape index (κ2) is 7.80. The number of rotatable bonds is 1. The van der Waals surface area contributed by atoms with Crippen molar-refractivity contribution in [2.45, 2.75) is 25.2 Å². The van der Waals surface area contributed by atoms with Crippen molar-refractivity contribution in [2.24, 2.45) is 0 Å². The number of fused-ring (bicyclic) bond motifs is 4. The van der Waals surface area contributed by atoms with Crippen LogP contribution in [0.4, 0.5) is 0 Å². The molecule has 0 aromatic heterocycles. The lowest BCUT2D eigenvalue weighted by Crippen LogP contribution is -2.16. The van der Waals surface area contributed by atoms with E-state index in [0.29, 0.717) is 5.92 Å². The van der Waals surface area contributed by atoms with Crippen molar-refractivity contribution < 1.29 is 0 Å². The van der Waals surface area contributed by atoms with Crippen LogP contribution in [0.15, 0.2) is 114 Å². The van der Waals surface area contributed by atoms with Gasteiger partial charge in [-0.3, -0.25) is 0 Å².